The van der Waals surface area contributed by atoms with Crippen LogP contribution in [0.25, 0.3) is 17.1 Å². The number of hydrogen-bond acceptors (Lipinski definition) is 5. The van der Waals surface area contributed by atoms with Crippen molar-refractivity contribution >= 4 is 29.0 Å². The first-order valence-corrected chi connectivity index (χ1v) is 10.9. The zero-order valence-corrected chi connectivity index (χ0v) is 18.2. The molecule has 0 atom stereocenters. The van der Waals surface area contributed by atoms with E-state index < -0.39 is 0 Å². The van der Waals surface area contributed by atoms with Gasteiger partial charge < -0.3 is 11.1 Å². The Kier molecular flexibility index (Phi) is 6.04. The summed E-state index contributed by atoms with van der Waals surface area (Å²) in [6.45, 7) is 3.96. The fourth-order valence-electron chi connectivity index (χ4n) is 3.29. The third kappa shape index (κ3) is 4.78. The summed E-state index contributed by atoms with van der Waals surface area (Å²) in [7, 11) is 0. The maximum atomic E-state index is 12.6. The molecule has 156 valence electrons. The summed E-state index contributed by atoms with van der Waals surface area (Å²) in [5.41, 5.74) is 11.2. The van der Waals surface area contributed by atoms with Crippen LogP contribution in [0.2, 0.25) is 0 Å². The average molecular weight is 430 g/mol. The standard InChI is InChI=1S/C24H23N5OS/c1-16-7-6-8-18(13-16)23-27-28-24(29(23)20-9-4-3-5-10-20)31-15-22(30)26-21-12-11-19(25)14-17(21)2/h3-14H,15,25H2,1-2H3,(H,26,30). The number of benzene rings is 3. The van der Waals surface area contributed by atoms with Crippen LogP contribution in [0, 0.1) is 13.8 Å². The van der Waals surface area contributed by atoms with Gasteiger partial charge in [0.2, 0.25) is 5.91 Å². The van der Waals surface area contributed by atoms with Gasteiger partial charge in [-0.05, 0) is 55.8 Å². The van der Waals surface area contributed by atoms with Gasteiger partial charge in [-0.3, -0.25) is 9.36 Å². The van der Waals surface area contributed by atoms with Crippen LogP contribution in [0.1, 0.15) is 11.1 Å². The van der Waals surface area contributed by atoms with Crippen molar-refractivity contribution in [3.63, 3.8) is 0 Å². The quantitative estimate of drug-likeness (QED) is 0.338. The Labute approximate surface area is 185 Å². The molecule has 4 aromatic rings. The van der Waals surface area contributed by atoms with Crippen molar-refractivity contribution in [2.75, 3.05) is 16.8 Å². The van der Waals surface area contributed by atoms with Crippen molar-refractivity contribution in [2.45, 2.75) is 19.0 Å². The SMILES string of the molecule is Cc1cccc(-c2nnc(SCC(=O)Nc3ccc(N)cc3C)n2-c2ccccc2)c1. The van der Waals surface area contributed by atoms with E-state index in [0.29, 0.717) is 10.8 Å². The molecule has 0 bridgehead atoms. The highest BCUT2D eigenvalue weighted by Gasteiger charge is 2.17. The molecule has 3 N–H and O–H groups in total. The van der Waals surface area contributed by atoms with E-state index >= 15 is 0 Å². The molecule has 0 aliphatic carbocycles. The fraction of sp³-hybridized carbons (Fsp3) is 0.125. The summed E-state index contributed by atoms with van der Waals surface area (Å²) in [6.07, 6.45) is 0. The van der Waals surface area contributed by atoms with Gasteiger partial charge in [-0.2, -0.15) is 0 Å². The normalized spacial score (nSPS) is 10.8. The van der Waals surface area contributed by atoms with E-state index in [2.05, 4.69) is 21.6 Å². The Morgan fingerprint density at radius 3 is 2.55 bits per heavy atom. The summed E-state index contributed by atoms with van der Waals surface area (Å²) in [4.78, 5) is 12.6. The number of aromatic nitrogens is 3. The smallest absolute Gasteiger partial charge is 0.234 e. The maximum absolute atomic E-state index is 12.6. The highest BCUT2D eigenvalue weighted by molar-refractivity contribution is 7.99. The van der Waals surface area contributed by atoms with Gasteiger partial charge in [0.25, 0.3) is 0 Å². The molecule has 0 spiro atoms. The molecule has 0 aliphatic heterocycles. The molecule has 31 heavy (non-hydrogen) atoms. The molecule has 1 heterocycles. The molecule has 0 radical (unpaired) electrons. The second kappa shape index (κ2) is 9.06. The Balaban J connectivity index is 1.59. The number of nitrogens with zero attached hydrogens (tertiary/aromatic N) is 3. The van der Waals surface area contributed by atoms with Crippen LogP contribution in [-0.2, 0) is 4.79 Å². The molecule has 3 aromatic carbocycles. The topological polar surface area (TPSA) is 85.8 Å². The van der Waals surface area contributed by atoms with Crippen molar-refractivity contribution < 1.29 is 4.79 Å². The number of thioether (sulfide) groups is 1. The highest BCUT2D eigenvalue weighted by Crippen LogP contribution is 2.28. The Morgan fingerprint density at radius 2 is 1.81 bits per heavy atom. The van der Waals surface area contributed by atoms with Crippen molar-refractivity contribution in [1.82, 2.24) is 14.8 Å². The number of aryl methyl sites for hydroxylation is 2. The summed E-state index contributed by atoms with van der Waals surface area (Å²) >= 11 is 1.35. The monoisotopic (exact) mass is 429 g/mol. The van der Waals surface area contributed by atoms with Crippen LogP contribution in [0.5, 0.6) is 0 Å². The number of carbonyl (C=O) groups excluding carboxylic acids is 1. The number of anilines is 2. The molecular weight excluding hydrogens is 406 g/mol. The summed E-state index contributed by atoms with van der Waals surface area (Å²) in [5.74, 6) is 0.840. The van der Waals surface area contributed by atoms with Crippen LogP contribution in [0.15, 0.2) is 78.0 Å². The number of nitrogens with one attached hydrogen (secondary N) is 1. The highest BCUT2D eigenvalue weighted by atomic mass is 32.2. The predicted octanol–water partition coefficient (Wildman–Crippen LogP) is 4.86. The zero-order chi connectivity index (χ0) is 21.8. The second-order valence-electron chi connectivity index (χ2n) is 7.26. The number of para-hydroxylation sites is 1. The van der Waals surface area contributed by atoms with Gasteiger partial charge in [-0.25, -0.2) is 0 Å². The van der Waals surface area contributed by atoms with Gasteiger partial charge in [0.05, 0.1) is 5.75 Å². The third-order valence-corrected chi connectivity index (χ3v) is 5.71. The van der Waals surface area contributed by atoms with Crippen molar-refractivity contribution in [3.8, 4) is 17.1 Å². The van der Waals surface area contributed by atoms with E-state index in [4.69, 9.17) is 5.73 Å². The minimum atomic E-state index is -0.113. The molecule has 0 saturated heterocycles. The van der Waals surface area contributed by atoms with Crippen molar-refractivity contribution in [2.24, 2.45) is 0 Å². The van der Waals surface area contributed by atoms with Gasteiger partial charge in [-0.1, -0.05) is 53.7 Å². The molecule has 0 saturated carbocycles. The first-order chi connectivity index (χ1) is 15.0. The number of rotatable bonds is 6. The van der Waals surface area contributed by atoms with E-state index in [0.717, 1.165) is 33.9 Å². The van der Waals surface area contributed by atoms with Gasteiger partial charge in [0.15, 0.2) is 11.0 Å². The first kappa shape index (κ1) is 20.7. The Bertz CT molecular complexity index is 1220. The summed E-state index contributed by atoms with van der Waals surface area (Å²) in [6, 6.07) is 23.5. The number of nitrogens with two attached hydrogens (primary N) is 1. The van der Waals surface area contributed by atoms with Crippen LogP contribution in [0.4, 0.5) is 11.4 Å². The Morgan fingerprint density at radius 1 is 1.00 bits per heavy atom. The van der Waals surface area contributed by atoms with Gasteiger partial charge >= 0.3 is 0 Å². The second-order valence-corrected chi connectivity index (χ2v) is 8.20. The number of carbonyl (C=O) groups is 1. The number of amides is 1. The number of hydrogen-bond donors (Lipinski definition) is 2. The molecule has 4 rings (SSSR count). The van der Waals surface area contributed by atoms with E-state index in [1.165, 1.54) is 11.8 Å². The first-order valence-electron chi connectivity index (χ1n) is 9.88. The summed E-state index contributed by atoms with van der Waals surface area (Å²) in [5, 5.41) is 12.4. The lowest BCUT2D eigenvalue weighted by atomic mass is 10.1. The molecule has 0 fully saturated rings. The van der Waals surface area contributed by atoms with E-state index in [9.17, 15) is 4.79 Å². The molecule has 0 unspecified atom stereocenters. The lowest BCUT2D eigenvalue weighted by molar-refractivity contribution is -0.113. The molecule has 7 heteroatoms. The average Bonchev–Trinajstić information content (AvgIpc) is 3.19. The van der Waals surface area contributed by atoms with Crippen LogP contribution in [0.3, 0.4) is 0 Å². The fourth-order valence-corrected chi connectivity index (χ4v) is 4.04. The molecule has 1 amide bonds. The summed E-state index contributed by atoms with van der Waals surface area (Å²) < 4.78 is 1.99. The van der Waals surface area contributed by atoms with Gasteiger partial charge in [-0.15, -0.1) is 10.2 Å². The van der Waals surface area contributed by atoms with Crippen molar-refractivity contribution in [1.29, 1.82) is 0 Å². The maximum Gasteiger partial charge on any atom is 0.234 e. The molecular formula is C24H23N5OS. The van der Waals surface area contributed by atoms with Gasteiger partial charge in [0, 0.05) is 22.6 Å². The van der Waals surface area contributed by atoms with E-state index in [1.54, 1.807) is 6.07 Å². The largest absolute Gasteiger partial charge is 0.399 e. The number of nitrogen functional groups attached to an aromatic ring is 1. The van der Waals surface area contributed by atoms with Gasteiger partial charge in [0.1, 0.15) is 0 Å². The lowest BCUT2D eigenvalue weighted by Gasteiger charge is -2.11. The lowest BCUT2D eigenvalue weighted by Crippen LogP contribution is -2.15. The molecule has 0 aliphatic rings. The predicted molar refractivity (Wildman–Crippen MR) is 126 cm³/mol. The molecule has 1 aromatic heterocycles. The zero-order valence-electron chi connectivity index (χ0n) is 17.4. The van der Waals surface area contributed by atoms with E-state index in [-0.39, 0.29) is 11.7 Å². The minimum Gasteiger partial charge on any atom is -0.399 e. The third-order valence-electron chi connectivity index (χ3n) is 4.78. The van der Waals surface area contributed by atoms with Crippen LogP contribution in [-0.4, -0.2) is 26.4 Å². The Hall–Kier alpha value is -3.58. The van der Waals surface area contributed by atoms with Crippen LogP contribution < -0.4 is 11.1 Å². The van der Waals surface area contributed by atoms with E-state index in [1.807, 2.05) is 79.1 Å². The minimum absolute atomic E-state index is 0.113. The van der Waals surface area contributed by atoms with Crippen LogP contribution >= 0.6 is 11.8 Å². The van der Waals surface area contributed by atoms with Crippen molar-refractivity contribution in [3.05, 3.63) is 83.9 Å². The molecule has 6 nitrogen and oxygen atoms in total.